The first kappa shape index (κ1) is 36.8. The number of benzene rings is 10. The number of para-hydroxylation sites is 1. The molecule has 0 unspecified atom stereocenters. The summed E-state index contributed by atoms with van der Waals surface area (Å²) in [6, 6.07) is 96.2. The Balaban J connectivity index is 1.03. The zero-order valence-electron chi connectivity index (χ0n) is 34.8. The normalized spacial score (nSPS) is 13.7. The molecule has 10 aromatic rings. The summed E-state index contributed by atoms with van der Waals surface area (Å²) in [5.41, 5.74) is 20.2. The molecule has 63 heavy (non-hydrogen) atoms. The minimum Gasteiger partial charge on any atom is -0.310 e. The van der Waals surface area contributed by atoms with Gasteiger partial charge in [0.1, 0.15) is 0 Å². The van der Waals surface area contributed by atoms with Crippen LogP contribution in [0.15, 0.2) is 261 Å². The van der Waals surface area contributed by atoms with Crippen molar-refractivity contribution < 1.29 is 0 Å². The molecule has 10 aromatic carbocycles. The van der Waals surface area contributed by atoms with E-state index in [9.17, 15) is 0 Å². The highest BCUT2D eigenvalue weighted by molar-refractivity contribution is 5.97. The van der Waals surface area contributed by atoms with Gasteiger partial charge in [0.05, 0.1) is 16.5 Å². The molecular formula is C62H43N. The molecule has 0 atom stereocenters. The number of anilines is 3. The maximum atomic E-state index is 2.45. The number of nitrogens with zero attached hydrogens (tertiary/aromatic N) is 1. The lowest BCUT2D eigenvalue weighted by molar-refractivity contribution is 0.768. The second-order valence-corrected chi connectivity index (χ2v) is 16.7. The van der Waals surface area contributed by atoms with Gasteiger partial charge in [0.2, 0.25) is 0 Å². The van der Waals surface area contributed by atoms with Crippen LogP contribution in [0.25, 0.3) is 33.4 Å². The minimum absolute atomic E-state index is 0.451. The van der Waals surface area contributed by atoms with E-state index in [0.29, 0.717) is 0 Å². The van der Waals surface area contributed by atoms with E-state index in [-0.39, 0.29) is 0 Å². The molecule has 0 N–H and O–H groups in total. The van der Waals surface area contributed by atoms with Crippen LogP contribution in [0.4, 0.5) is 17.1 Å². The quantitative estimate of drug-likeness (QED) is 0.148. The molecule has 1 nitrogen and oxygen atoms in total. The first-order chi connectivity index (χ1) is 31.3. The fraction of sp³-hybridized carbons (Fsp3) is 0.0323. The molecule has 0 radical (unpaired) electrons. The maximum Gasteiger partial charge on any atom is 0.0714 e. The van der Waals surface area contributed by atoms with Crippen LogP contribution in [0.2, 0.25) is 0 Å². The van der Waals surface area contributed by atoms with E-state index in [1.165, 1.54) is 77.9 Å². The monoisotopic (exact) mass is 801 g/mol. The van der Waals surface area contributed by atoms with Gasteiger partial charge in [-0.25, -0.2) is 0 Å². The lowest BCUT2D eigenvalue weighted by Crippen LogP contribution is -2.28. The van der Waals surface area contributed by atoms with Crippen LogP contribution in [0.3, 0.4) is 0 Å². The van der Waals surface area contributed by atoms with E-state index in [4.69, 9.17) is 0 Å². The van der Waals surface area contributed by atoms with Gasteiger partial charge in [-0.15, -0.1) is 0 Å². The van der Waals surface area contributed by atoms with E-state index < -0.39 is 10.8 Å². The van der Waals surface area contributed by atoms with Crippen molar-refractivity contribution in [2.45, 2.75) is 10.8 Å². The molecule has 2 aliphatic rings. The van der Waals surface area contributed by atoms with Crippen molar-refractivity contribution in [3.8, 4) is 33.4 Å². The van der Waals surface area contributed by atoms with Gasteiger partial charge in [-0.3, -0.25) is 0 Å². The summed E-state index contributed by atoms with van der Waals surface area (Å²) in [6.45, 7) is 0. The third-order valence-electron chi connectivity index (χ3n) is 13.6. The van der Waals surface area contributed by atoms with Crippen LogP contribution in [0.5, 0.6) is 0 Å². The molecule has 0 amide bonds. The van der Waals surface area contributed by atoms with Crippen LogP contribution < -0.4 is 4.90 Å². The molecule has 0 aliphatic heterocycles. The molecule has 0 saturated carbocycles. The Bertz CT molecular complexity index is 3170. The van der Waals surface area contributed by atoms with Gasteiger partial charge in [0.25, 0.3) is 0 Å². The van der Waals surface area contributed by atoms with E-state index in [1.807, 2.05) is 0 Å². The molecule has 0 heterocycles. The molecule has 0 fully saturated rings. The molecule has 1 heteroatoms. The summed E-state index contributed by atoms with van der Waals surface area (Å²) < 4.78 is 0. The average molecular weight is 802 g/mol. The topological polar surface area (TPSA) is 3.24 Å². The predicted molar refractivity (Wildman–Crippen MR) is 261 cm³/mol. The molecule has 0 saturated heterocycles. The fourth-order valence-electron chi connectivity index (χ4n) is 11.1. The van der Waals surface area contributed by atoms with E-state index >= 15 is 0 Å². The third kappa shape index (κ3) is 5.50. The van der Waals surface area contributed by atoms with Crippen LogP contribution >= 0.6 is 0 Å². The van der Waals surface area contributed by atoms with Gasteiger partial charge in [-0.2, -0.15) is 0 Å². The summed E-state index contributed by atoms with van der Waals surface area (Å²) in [5, 5.41) is 0. The first-order valence-corrected chi connectivity index (χ1v) is 21.9. The Morgan fingerprint density at radius 3 is 1.21 bits per heavy atom. The molecule has 0 spiro atoms. The fourth-order valence-corrected chi connectivity index (χ4v) is 11.1. The third-order valence-corrected chi connectivity index (χ3v) is 13.6. The van der Waals surface area contributed by atoms with Crippen molar-refractivity contribution in [3.63, 3.8) is 0 Å². The van der Waals surface area contributed by atoms with Crippen molar-refractivity contribution in [2.75, 3.05) is 4.90 Å². The van der Waals surface area contributed by atoms with E-state index in [1.54, 1.807) is 0 Å². The summed E-state index contributed by atoms with van der Waals surface area (Å²) in [7, 11) is 0. The first-order valence-electron chi connectivity index (χ1n) is 21.9. The van der Waals surface area contributed by atoms with Gasteiger partial charge in [0, 0.05) is 16.9 Å². The summed E-state index contributed by atoms with van der Waals surface area (Å²) in [4.78, 5) is 2.45. The van der Waals surface area contributed by atoms with Crippen LogP contribution in [0, 0.1) is 0 Å². The standard InChI is InChI=1S/C62H43N/c1-6-21-46(22-7-1)61(47-23-8-2-9-24-47)56-34-19-17-32-54(56)60-57(61)35-20-36-59(60)63(50-29-14-5-15-30-50)51-40-37-44(38-41-51)45-39-42-53-52-31-16-18-33-55(52)62(58(53)43-45,48-25-10-3-11-26-48)49-27-12-4-13-28-49/h1-43H. The lowest BCUT2D eigenvalue weighted by Gasteiger charge is -2.34. The van der Waals surface area contributed by atoms with Crippen molar-refractivity contribution in [1.29, 1.82) is 0 Å². The predicted octanol–water partition coefficient (Wildman–Crippen LogP) is 15.5. The van der Waals surface area contributed by atoms with Crippen LogP contribution in [-0.4, -0.2) is 0 Å². The summed E-state index contributed by atoms with van der Waals surface area (Å²) >= 11 is 0. The summed E-state index contributed by atoms with van der Waals surface area (Å²) in [6.07, 6.45) is 0. The van der Waals surface area contributed by atoms with Gasteiger partial charge < -0.3 is 4.90 Å². The highest BCUT2D eigenvalue weighted by Crippen LogP contribution is 2.60. The largest absolute Gasteiger partial charge is 0.310 e. The molecular weight excluding hydrogens is 759 g/mol. The zero-order valence-corrected chi connectivity index (χ0v) is 34.8. The number of hydrogen-bond donors (Lipinski definition) is 0. The SMILES string of the molecule is c1ccc(N(c2ccc(-c3ccc4c(c3)C(c3ccccc3)(c3ccccc3)c3ccccc3-4)cc2)c2cccc3c2-c2ccccc2C3(c2ccccc2)c2ccccc2)cc1. The van der Waals surface area contributed by atoms with Crippen molar-refractivity contribution in [3.05, 3.63) is 305 Å². The highest BCUT2D eigenvalue weighted by atomic mass is 15.1. The second-order valence-electron chi connectivity index (χ2n) is 16.7. The zero-order chi connectivity index (χ0) is 41.8. The number of hydrogen-bond acceptors (Lipinski definition) is 1. The van der Waals surface area contributed by atoms with E-state index in [0.717, 1.165) is 17.1 Å². The van der Waals surface area contributed by atoms with Gasteiger partial charge in [-0.05, 0) is 109 Å². The van der Waals surface area contributed by atoms with Crippen molar-refractivity contribution in [2.24, 2.45) is 0 Å². The Kier molecular flexibility index (Phi) is 8.69. The Hall–Kier alpha value is -8.00. The van der Waals surface area contributed by atoms with E-state index in [2.05, 4.69) is 266 Å². The Morgan fingerprint density at radius 2 is 0.651 bits per heavy atom. The Morgan fingerprint density at radius 1 is 0.254 bits per heavy atom. The molecule has 0 bridgehead atoms. The number of fused-ring (bicyclic) bond motifs is 6. The van der Waals surface area contributed by atoms with Crippen LogP contribution in [0.1, 0.15) is 44.5 Å². The molecule has 2 aliphatic carbocycles. The molecule has 0 aromatic heterocycles. The molecule has 296 valence electrons. The maximum absolute atomic E-state index is 2.45. The van der Waals surface area contributed by atoms with Gasteiger partial charge in [0.15, 0.2) is 0 Å². The second kappa shape index (κ2) is 14.9. The highest BCUT2D eigenvalue weighted by Gasteiger charge is 2.48. The average Bonchev–Trinajstić information content (AvgIpc) is 3.84. The van der Waals surface area contributed by atoms with Crippen molar-refractivity contribution >= 4 is 17.1 Å². The minimum atomic E-state index is -0.487. The number of rotatable bonds is 8. The van der Waals surface area contributed by atoms with Gasteiger partial charge >= 0.3 is 0 Å². The van der Waals surface area contributed by atoms with Crippen molar-refractivity contribution in [1.82, 2.24) is 0 Å². The van der Waals surface area contributed by atoms with Gasteiger partial charge in [-0.1, -0.05) is 224 Å². The Labute approximate surface area is 369 Å². The van der Waals surface area contributed by atoms with Crippen LogP contribution in [-0.2, 0) is 10.8 Å². The summed E-state index contributed by atoms with van der Waals surface area (Å²) in [5.74, 6) is 0. The smallest absolute Gasteiger partial charge is 0.0714 e. The molecule has 12 rings (SSSR count). The lowest BCUT2D eigenvalue weighted by atomic mass is 9.67.